The van der Waals surface area contributed by atoms with Gasteiger partial charge in [-0.05, 0) is 6.92 Å². The van der Waals surface area contributed by atoms with Crippen molar-refractivity contribution in [2.75, 3.05) is 5.75 Å². The molecule has 0 saturated heterocycles. The maximum absolute atomic E-state index is 11.6. The Balaban J connectivity index is 2.16. The number of fused-ring (bicyclic) bond motifs is 1. The highest BCUT2D eigenvalue weighted by Gasteiger charge is 2.04. The van der Waals surface area contributed by atoms with Crippen LogP contribution >= 0.6 is 11.8 Å². The minimum absolute atomic E-state index is 0.140. The zero-order chi connectivity index (χ0) is 11.5. The second-order valence-corrected chi connectivity index (χ2v) is 4.63. The lowest BCUT2D eigenvalue weighted by atomic mass is 10.4. The predicted molar refractivity (Wildman–Crippen MR) is 63.4 cm³/mol. The molecule has 0 aliphatic heterocycles. The molecular weight excluding hydrogens is 226 g/mol. The summed E-state index contributed by atoms with van der Waals surface area (Å²) in [6.45, 7) is 1.95. The van der Waals surface area contributed by atoms with Gasteiger partial charge in [-0.25, -0.2) is 9.97 Å². The molecule has 3 N–H and O–H groups in total. The molecule has 2 rings (SSSR count). The van der Waals surface area contributed by atoms with Crippen molar-refractivity contribution in [2.45, 2.75) is 18.7 Å². The van der Waals surface area contributed by atoms with Gasteiger partial charge in [-0.15, -0.1) is 0 Å². The Morgan fingerprint density at radius 2 is 2.50 bits per heavy atom. The van der Waals surface area contributed by atoms with E-state index in [1.54, 1.807) is 11.8 Å². The van der Waals surface area contributed by atoms with Crippen LogP contribution in [0.5, 0.6) is 0 Å². The molecule has 1 atom stereocenters. The fourth-order valence-corrected chi connectivity index (χ4v) is 2.14. The zero-order valence-corrected chi connectivity index (χ0v) is 9.70. The second kappa shape index (κ2) is 4.67. The summed E-state index contributed by atoms with van der Waals surface area (Å²) in [5.74, 6) is 1.94. The average molecular weight is 239 g/mol. The summed E-state index contributed by atoms with van der Waals surface area (Å²) in [5, 5.41) is 2.69. The number of nitrogens with one attached hydrogen (secondary N) is 1. The molecular formula is C9H13N5OS. The van der Waals surface area contributed by atoms with E-state index < -0.39 is 0 Å². The Hall–Kier alpha value is -1.34. The Bertz CT molecular complexity index is 532. The number of aromatic nitrogens is 4. The van der Waals surface area contributed by atoms with Gasteiger partial charge >= 0.3 is 0 Å². The molecule has 6 nitrogen and oxygen atoms in total. The van der Waals surface area contributed by atoms with Gasteiger partial charge in [0.2, 0.25) is 0 Å². The van der Waals surface area contributed by atoms with Crippen LogP contribution in [0.15, 0.2) is 17.2 Å². The number of rotatable bonds is 4. The van der Waals surface area contributed by atoms with E-state index in [0.29, 0.717) is 11.5 Å². The fourth-order valence-electron chi connectivity index (χ4n) is 1.29. The second-order valence-electron chi connectivity index (χ2n) is 3.60. The van der Waals surface area contributed by atoms with Crippen LogP contribution < -0.4 is 11.3 Å². The SMILES string of the molecule is CC(N)CSCc1cc(=O)n2[nH]cnc2n1. The maximum atomic E-state index is 11.6. The van der Waals surface area contributed by atoms with Gasteiger partial charge in [-0.2, -0.15) is 16.3 Å². The summed E-state index contributed by atoms with van der Waals surface area (Å²) in [5.41, 5.74) is 6.23. The first kappa shape index (κ1) is 11.2. The molecule has 0 saturated carbocycles. The summed E-state index contributed by atoms with van der Waals surface area (Å²) in [7, 11) is 0. The van der Waals surface area contributed by atoms with E-state index in [4.69, 9.17) is 5.73 Å². The quantitative estimate of drug-likeness (QED) is 0.783. The summed E-state index contributed by atoms with van der Waals surface area (Å²) in [4.78, 5) is 19.8. The normalized spacial score (nSPS) is 13.1. The van der Waals surface area contributed by atoms with Crippen LogP contribution in [0, 0.1) is 0 Å². The van der Waals surface area contributed by atoms with Crippen LogP contribution in [0.25, 0.3) is 5.78 Å². The third-order valence-electron chi connectivity index (χ3n) is 1.95. The molecule has 0 fully saturated rings. The number of thioether (sulfide) groups is 1. The van der Waals surface area contributed by atoms with Crippen molar-refractivity contribution in [3.63, 3.8) is 0 Å². The van der Waals surface area contributed by atoms with Gasteiger partial charge in [0.1, 0.15) is 6.33 Å². The molecule has 2 heterocycles. The minimum Gasteiger partial charge on any atom is -0.327 e. The molecule has 2 aromatic heterocycles. The number of nitrogens with two attached hydrogens (primary N) is 1. The summed E-state index contributed by atoms with van der Waals surface area (Å²) in [6.07, 6.45) is 1.45. The number of aromatic amines is 1. The monoisotopic (exact) mass is 239 g/mol. The molecule has 0 aromatic carbocycles. The van der Waals surface area contributed by atoms with Crippen molar-refractivity contribution in [2.24, 2.45) is 5.73 Å². The molecule has 16 heavy (non-hydrogen) atoms. The van der Waals surface area contributed by atoms with Crippen LogP contribution in [0.1, 0.15) is 12.6 Å². The third-order valence-corrected chi connectivity index (χ3v) is 3.21. The van der Waals surface area contributed by atoms with Crippen molar-refractivity contribution in [1.82, 2.24) is 19.6 Å². The first-order valence-corrected chi connectivity index (χ1v) is 6.07. The van der Waals surface area contributed by atoms with Crippen molar-refractivity contribution < 1.29 is 0 Å². The maximum Gasteiger partial charge on any atom is 0.274 e. The largest absolute Gasteiger partial charge is 0.327 e. The minimum atomic E-state index is -0.140. The lowest BCUT2D eigenvalue weighted by molar-refractivity contribution is 0.846. The Morgan fingerprint density at radius 1 is 1.69 bits per heavy atom. The zero-order valence-electron chi connectivity index (χ0n) is 8.88. The van der Waals surface area contributed by atoms with Crippen LogP contribution in [0.4, 0.5) is 0 Å². The highest BCUT2D eigenvalue weighted by Crippen LogP contribution is 2.09. The van der Waals surface area contributed by atoms with E-state index in [2.05, 4.69) is 15.1 Å². The molecule has 2 aromatic rings. The van der Waals surface area contributed by atoms with E-state index in [1.165, 1.54) is 16.9 Å². The molecule has 0 aliphatic carbocycles. The standard InChI is InChI=1S/C9H13N5OS/c1-6(10)3-16-4-7-2-8(15)14-9(13-7)11-5-12-14/h2,5-6H,3-4,10H2,1H3,(H,11,12,13). The molecule has 0 amide bonds. The number of nitrogens with zero attached hydrogens (tertiary/aromatic N) is 3. The number of hydrogen-bond acceptors (Lipinski definition) is 5. The van der Waals surface area contributed by atoms with Gasteiger partial charge in [0, 0.05) is 23.6 Å². The van der Waals surface area contributed by atoms with Crippen LogP contribution in [-0.2, 0) is 5.75 Å². The molecule has 0 radical (unpaired) electrons. The lowest BCUT2D eigenvalue weighted by Gasteiger charge is -2.03. The van der Waals surface area contributed by atoms with Gasteiger partial charge < -0.3 is 5.73 Å². The number of hydrogen-bond donors (Lipinski definition) is 2. The Kier molecular flexibility index (Phi) is 3.25. The Morgan fingerprint density at radius 3 is 3.25 bits per heavy atom. The van der Waals surface area contributed by atoms with Crippen LogP contribution in [-0.4, -0.2) is 31.4 Å². The lowest BCUT2D eigenvalue weighted by Crippen LogP contribution is -2.18. The Labute approximate surface area is 96.3 Å². The van der Waals surface area contributed by atoms with Gasteiger partial charge in [0.05, 0.1) is 5.69 Å². The van der Waals surface area contributed by atoms with E-state index in [-0.39, 0.29) is 11.6 Å². The molecule has 7 heteroatoms. The van der Waals surface area contributed by atoms with E-state index in [1.807, 2.05) is 6.92 Å². The first-order chi connectivity index (χ1) is 7.66. The molecule has 86 valence electrons. The summed E-state index contributed by atoms with van der Waals surface area (Å²) < 4.78 is 1.31. The van der Waals surface area contributed by atoms with Crippen LogP contribution in [0.3, 0.4) is 0 Å². The molecule has 0 aliphatic rings. The van der Waals surface area contributed by atoms with Crippen molar-refractivity contribution in [3.8, 4) is 0 Å². The topological polar surface area (TPSA) is 89.1 Å². The predicted octanol–water partition coefficient (Wildman–Crippen LogP) is -0.00200. The third kappa shape index (κ3) is 2.42. The van der Waals surface area contributed by atoms with Gasteiger partial charge in [-0.3, -0.25) is 9.89 Å². The smallest absolute Gasteiger partial charge is 0.274 e. The van der Waals surface area contributed by atoms with Crippen LogP contribution in [0.2, 0.25) is 0 Å². The summed E-state index contributed by atoms with van der Waals surface area (Å²) >= 11 is 1.66. The van der Waals surface area contributed by atoms with E-state index in [0.717, 1.165) is 11.4 Å². The van der Waals surface area contributed by atoms with Gasteiger partial charge in [0.15, 0.2) is 0 Å². The van der Waals surface area contributed by atoms with Gasteiger partial charge in [0.25, 0.3) is 11.3 Å². The van der Waals surface area contributed by atoms with E-state index >= 15 is 0 Å². The molecule has 0 spiro atoms. The van der Waals surface area contributed by atoms with Gasteiger partial charge in [-0.1, -0.05) is 0 Å². The van der Waals surface area contributed by atoms with Crippen molar-refractivity contribution >= 4 is 17.5 Å². The summed E-state index contributed by atoms with van der Waals surface area (Å²) in [6, 6.07) is 1.67. The first-order valence-electron chi connectivity index (χ1n) is 4.92. The van der Waals surface area contributed by atoms with Crippen molar-refractivity contribution in [3.05, 3.63) is 28.4 Å². The number of H-pyrrole nitrogens is 1. The highest BCUT2D eigenvalue weighted by molar-refractivity contribution is 7.98. The molecule has 1 unspecified atom stereocenters. The average Bonchev–Trinajstić information content (AvgIpc) is 2.65. The van der Waals surface area contributed by atoms with Crippen molar-refractivity contribution in [1.29, 1.82) is 0 Å². The molecule has 0 bridgehead atoms. The fraction of sp³-hybridized carbons (Fsp3) is 0.444. The highest BCUT2D eigenvalue weighted by atomic mass is 32.2. The van der Waals surface area contributed by atoms with E-state index in [9.17, 15) is 4.79 Å².